The van der Waals surface area contributed by atoms with E-state index in [4.69, 9.17) is 15.7 Å². The molecular formula is C25H20F3N5O4. The molecule has 2 unspecified atom stereocenters. The number of alkyl halides is 1. The van der Waals surface area contributed by atoms with Crippen LogP contribution in [0.25, 0.3) is 22.4 Å². The zero-order valence-corrected chi connectivity index (χ0v) is 19.5. The molecule has 190 valence electrons. The Hall–Kier alpha value is -4.50. The Labute approximate surface area is 209 Å². The van der Waals surface area contributed by atoms with Crippen LogP contribution in [0.5, 0.6) is 5.75 Å². The van der Waals surface area contributed by atoms with E-state index in [1.165, 1.54) is 37.4 Å². The first-order valence-corrected chi connectivity index (χ1v) is 11.0. The van der Waals surface area contributed by atoms with Crippen LogP contribution >= 0.6 is 0 Å². The lowest BCUT2D eigenvalue weighted by Crippen LogP contribution is -2.49. The van der Waals surface area contributed by atoms with Crippen LogP contribution in [0.3, 0.4) is 0 Å². The number of nitriles is 1. The van der Waals surface area contributed by atoms with Gasteiger partial charge in [0.25, 0.3) is 0 Å². The quantitative estimate of drug-likeness (QED) is 0.383. The number of nitrogens with zero attached hydrogens (tertiary/aromatic N) is 4. The molecule has 3 aromatic rings. The second-order valence-electron chi connectivity index (χ2n) is 8.28. The van der Waals surface area contributed by atoms with Crippen molar-refractivity contribution in [1.82, 2.24) is 4.98 Å². The summed E-state index contributed by atoms with van der Waals surface area (Å²) in [5.41, 5.74) is 5.54. The van der Waals surface area contributed by atoms with Gasteiger partial charge in [-0.15, -0.1) is 4.91 Å². The Bertz CT molecular complexity index is 1410. The number of hydrogen-bond donors (Lipinski definition) is 1. The summed E-state index contributed by atoms with van der Waals surface area (Å²) in [5.74, 6) is -2.77. The Morgan fingerprint density at radius 2 is 1.92 bits per heavy atom. The molecule has 1 aliphatic rings. The van der Waals surface area contributed by atoms with Gasteiger partial charge in [-0.05, 0) is 42.3 Å². The van der Waals surface area contributed by atoms with E-state index in [1.807, 2.05) is 0 Å². The SMILES string of the molecule is COc1ccc(-c2c(C(=O)ON=O)cc(N3CCC(N)C(F)C3)nc2-c2ccc(C#N)c(F)c2)cc1F. The van der Waals surface area contributed by atoms with E-state index in [0.29, 0.717) is 13.0 Å². The number of hydrogen-bond acceptors (Lipinski definition) is 9. The average molecular weight is 511 g/mol. The van der Waals surface area contributed by atoms with Gasteiger partial charge in [0.2, 0.25) is 0 Å². The number of ether oxygens (including phenoxy) is 1. The third kappa shape index (κ3) is 5.07. The molecule has 0 aliphatic carbocycles. The summed E-state index contributed by atoms with van der Waals surface area (Å²) in [4.78, 5) is 34.1. The van der Waals surface area contributed by atoms with Gasteiger partial charge >= 0.3 is 5.97 Å². The summed E-state index contributed by atoms with van der Waals surface area (Å²) >= 11 is 0. The Morgan fingerprint density at radius 1 is 1.19 bits per heavy atom. The van der Waals surface area contributed by atoms with Crippen molar-refractivity contribution >= 4 is 11.8 Å². The van der Waals surface area contributed by atoms with E-state index in [9.17, 15) is 22.9 Å². The summed E-state index contributed by atoms with van der Waals surface area (Å²) in [6.45, 7) is 0.166. The zero-order valence-electron chi connectivity index (χ0n) is 19.5. The van der Waals surface area contributed by atoms with Gasteiger partial charge in [-0.25, -0.2) is 22.9 Å². The van der Waals surface area contributed by atoms with E-state index in [0.717, 1.165) is 12.1 Å². The Morgan fingerprint density at radius 3 is 2.54 bits per heavy atom. The van der Waals surface area contributed by atoms with Crippen molar-refractivity contribution in [3.05, 3.63) is 70.1 Å². The van der Waals surface area contributed by atoms with Crippen LogP contribution in [0.4, 0.5) is 19.0 Å². The first kappa shape index (κ1) is 25.6. The standard InChI is InChI=1S/C25H20F3N5O4/c1-36-21-5-4-13(8-18(21)27)23-16(25(34)37-32-35)10-22(33-7-6-20(30)19(28)12-33)31-24(23)14-2-3-15(11-29)17(26)9-14/h2-5,8-10,19-20H,6-7,12,30H2,1H3. The van der Waals surface area contributed by atoms with Crippen LogP contribution in [0.1, 0.15) is 22.3 Å². The van der Waals surface area contributed by atoms with E-state index in [2.05, 4.69) is 15.2 Å². The minimum Gasteiger partial charge on any atom is -0.494 e. The molecule has 1 aliphatic heterocycles. The molecule has 1 saturated heterocycles. The first-order valence-electron chi connectivity index (χ1n) is 11.0. The summed E-state index contributed by atoms with van der Waals surface area (Å²) in [6.07, 6.45) is -1.08. The number of pyridine rings is 1. The largest absolute Gasteiger partial charge is 0.494 e. The maximum atomic E-state index is 14.7. The molecule has 1 fully saturated rings. The van der Waals surface area contributed by atoms with Crippen molar-refractivity contribution in [3.63, 3.8) is 0 Å². The van der Waals surface area contributed by atoms with Crippen LogP contribution < -0.4 is 15.4 Å². The molecule has 4 rings (SSSR count). The van der Waals surface area contributed by atoms with E-state index in [1.54, 1.807) is 11.0 Å². The van der Waals surface area contributed by atoms with Crippen molar-refractivity contribution in [3.8, 4) is 34.2 Å². The number of anilines is 1. The smallest absolute Gasteiger partial charge is 0.370 e. The molecule has 0 spiro atoms. The summed E-state index contributed by atoms with van der Waals surface area (Å²) in [5, 5.41) is 11.3. The topological polar surface area (TPSA) is 131 Å². The molecule has 2 N–H and O–H groups in total. The Balaban J connectivity index is 2.01. The predicted molar refractivity (Wildman–Crippen MR) is 127 cm³/mol. The third-order valence-electron chi connectivity index (χ3n) is 6.07. The number of benzene rings is 2. The zero-order chi connectivity index (χ0) is 26.7. The molecule has 1 aromatic heterocycles. The number of aromatic nitrogens is 1. The number of carbonyl (C=O) groups is 1. The normalized spacial score (nSPS) is 17.1. The molecular weight excluding hydrogens is 491 g/mol. The van der Waals surface area contributed by atoms with Crippen LogP contribution in [0.2, 0.25) is 0 Å². The van der Waals surface area contributed by atoms with Gasteiger partial charge in [-0.1, -0.05) is 12.1 Å². The van der Waals surface area contributed by atoms with Crippen LogP contribution in [-0.2, 0) is 4.84 Å². The highest BCUT2D eigenvalue weighted by molar-refractivity contribution is 6.02. The number of halogens is 3. The third-order valence-corrected chi connectivity index (χ3v) is 6.07. The fraction of sp³-hybridized carbons (Fsp3) is 0.240. The van der Waals surface area contributed by atoms with Crippen LogP contribution in [-0.4, -0.2) is 43.4 Å². The molecule has 0 saturated carbocycles. The monoisotopic (exact) mass is 511 g/mol. The van der Waals surface area contributed by atoms with Crippen LogP contribution in [0, 0.1) is 27.9 Å². The van der Waals surface area contributed by atoms with Crippen LogP contribution in [0.15, 0.2) is 47.8 Å². The fourth-order valence-corrected chi connectivity index (χ4v) is 4.14. The first-order chi connectivity index (χ1) is 17.8. The minimum absolute atomic E-state index is 0.00594. The number of carbonyl (C=O) groups excluding carboxylic acids is 1. The van der Waals surface area contributed by atoms with Crippen molar-refractivity contribution in [2.24, 2.45) is 11.1 Å². The average Bonchev–Trinajstić information content (AvgIpc) is 2.89. The van der Waals surface area contributed by atoms with Gasteiger partial charge in [0.1, 0.15) is 23.9 Å². The fourth-order valence-electron chi connectivity index (χ4n) is 4.14. The molecule has 9 nitrogen and oxygen atoms in total. The molecule has 37 heavy (non-hydrogen) atoms. The van der Waals surface area contributed by atoms with E-state index < -0.39 is 29.8 Å². The van der Waals surface area contributed by atoms with Crippen molar-refractivity contribution in [2.45, 2.75) is 18.6 Å². The number of piperidine rings is 1. The maximum absolute atomic E-state index is 14.7. The lowest BCUT2D eigenvalue weighted by Gasteiger charge is -2.34. The molecule has 0 bridgehead atoms. The van der Waals surface area contributed by atoms with Crippen molar-refractivity contribution < 1.29 is 27.5 Å². The lowest BCUT2D eigenvalue weighted by atomic mass is 9.93. The summed E-state index contributed by atoms with van der Waals surface area (Å²) < 4.78 is 48.7. The molecule has 2 aromatic carbocycles. The van der Waals surface area contributed by atoms with E-state index in [-0.39, 0.29) is 51.6 Å². The highest BCUT2D eigenvalue weighted by Gasteiger charge is 2.30. The van der Waals surface area contributed by atoms with Gasteiger partial charge in [0.05, 0.1) is 30.5 Å². The van der Waals surface area contributed by atoms with Crippen molar-refractivity contribution in [1.29, 1.82) is 5.26 Å². The van der Waals surface area contributed by atoms with Gasteiger partial charge in [-0.3, -0.25) is 4.84 Å². The molecule has 2 heterocycles. The van der Waals surface area contributed by atoms with Gasteiger partial charge in [-0.2, -0.15) is 5.26 Å². The number of rotatable bonds is 6. The summed E-state index contributed by atoms with van der Waals surface area (Å²) in [6, 6.07) is 9.78. The van der Waals surface area contributed by atoms with Gasteiger partial charge < -0.3 is 15.4 Å². The van der Waals surface area contributed by atoms with Gasteiger partial charge in [0.15, 0.2) is 16.9 Å². The highest BCUT2D eigenvalue weighted by Crippen LogP contribution is 2.39. The van der Waals surface area contributed by atoms with Gasteiger partial charge in [0, 0.05) is 23.7 Å². The lowest BCUT2D eigenvalue weighted by molar-refractivity contribution is 0.0509. The Kier molecular flexibility index (Phi) is 7.35. The maximum Gasteiger partial charge on any atom is 0.370 e. The molecule has 0 radical (unpaired) electrons. The minimum atomic E-state index is -1.38. The predicted octanol–water partition coefficient (Wildman–Crippen LogP) is 4.29. The highest BCUT2D eigenvalue weighted by atomic mass is 19.1. The second-order valence-corrected chi connectivity index (χ2v) is 8.28. The number of nitrogens with two attached hydrogens (primary N) is 1. The summed E-state index contributed by atoms with van der Waals surface area (Å²) in [7, 11) is 1.28. The second kappa shape index (κ2) is 10.6. The molecule has 12 heteroatoms. The van der Waals surface area contributed by atoms with Crippen molar-refractivity contribution in [2.75, 3.05) is 25.1 Å². The number of methoxy groups -OCH3 is 1. The molecule has 0 amide bonds. The van der Waals surface area contributed by atoms with E-state index >= 15 is 0 Å². The molecule has 2 atom stereocenters.